The summed E-state index contributed by atoms with van der Waals surface area (Å²) in [6, 6.07) is 16.3. The van der Waals surface area contributed by atoms with Crippen LogP contribution in [0.2, 0.25) is 5.02 Å². The summed E-state index contributed by atoms with van der Waals surface area (Å²) in [7, 11) is 0. The second-order valence-corrected chi connectivity index (χ2v) is 12.8. The molecule has 1 atom stereocenters. The first kappa shape index (κ1) is 33.1. The molecule has 0 saturated carbocycles. The number of para-hydroxylation sites is 1. The van der Waals surface area contributed by atoms with E-state index in [1.807, 2.05) is 26.0 Å². The van der Waals surface area contributed by atoms with E-state index in [0.717, 1.165) is 16.9 Å². The molecule has 0 saturated heterocycles. The Hall–Kier alpha value is -4.26. The average Bonchev–Trinajstić information content (AvgIpc) is 3.30. The number of carbonyl (C=O) groups excluding carboxylic acids is 1. The smallest absolute Gasteiger partial charge is 0.338 e. The molecule has 4 aromatic rings. The quantitative estimate of drug-likeness (QED) is 0.104. The number of halogens is 2. The number of benzene rings is 3. The van der Waals surface area contributed by atoms with Gasteiger partial charge in [0.05, 0.1) is 37.9 Å². The zero-order valence-corrected chi connectivity index (χ0v) is 28.4. The molecule has 13 heteroatoms. The van der Waals surface area contributed by atoms with Gasteiger partial charge < -0.3 is 14.2 Å². The van der Waals surface area contributed by atoms with E-state index in [-0.39, 0.29) is 40.9 Å². The fourth-order valence-electron chi connectivity index (χ4n) is 5.00. The molecular formula is C33H29BrClN3O7S. The number of carbonyl (C=O) groups is 1. The normalized spacial score (nSPS) is 14.6. The molecule has 0 radical (unpaired) electrons. The van der Waals surface area contributed by atoms with Crippen molar-refractivity contribution in [3.05, 3.63) is 128 Å². The third kappa shape index (κ3) is 6.93. The van der Waals surface area contributed by atoms with E-state index >= 15 is 0 Å². The number of thiazole rings is 1. The number of rotatable bonds is 10. The number of allylic oxidation sites excluding steroid dienone is 1. The first-order valence-corrected chi connectivity index (χ1v) is 16.3. The molecule has 46 heavy (non-hydrogen) atoms. The van der Waals surface area contributed by atoms with Gasteiger partial charge in [-0.05, 0) is 85.1 Å². The molecule has 0 fully saturated rings. The van der Waals surface area contributed by atoms with Crippen LogP contribution in [-0.2, 0) is 16.1 Å². The lowest BCUT2D eigenvalue weighted by atomic mass is 9.95. The first-order valence-electron chi connectivity index (χ1n) is 14.3. The minimum absolute atomic E-state index is 0.0509. The van der Waals surface area contributed by atoms with Crippen molar-refractivity contribution < 1.29 is 23.9 Å². The Morgan fingerprint density at radius 1 is 1.20 bits per heavy atom. The van der Waals surface area contributed by atoms with Gasteiger partial charge in [-0.2, -0.15) is 0 Å². The van der Waals surface area contributed by atoms with E-state index in [2.05, 4.69) is 20.9 Å². The van der Waals surface area contributed by atoms with Crippen LogP contribution >= 0.6 is 38.9 Å². The fraction of sp³-hybridized carbons (Fsp3) is 0.242. The van der Waals surface area contributed by atoms with Crippen LogP contribution in [0, 0.1) is 10.1 Å². The van der Waals surface area contributed by atoms with E-state index in [0.29, 0.717) is 36.9 Å². The Morgan fingerprint density at radius 2 is 1.91 bits per heavy atom. The first-order chi connectivity index (χ1) is 22.0. The number of esters is 1. The summed E-state index contributed by atoms with van der Waals surface area (Å²) in [6.45, 7) is 7.41. The van der Waals surface area contributed by atoms with Crippen molar-refractivity contribution in [1.82, 2.24) is 4.57 Å². The standard InChI is InChI=1S/C33H29BrClN3O7S/c1-5-43-32(40)28-19(4)36-33-37(29(28)23-8-6-7-9-26(23)45-18(2)3)31(39)27(46-33)16-21-14-24(34)30(25(15-21)38(41)42)44-17-20-10-12-22(35)13-11-20/h6-16,18,29H,5,17H2,1-4H3/b27-16-/t29-/m0/s1. The Kier molecular flexibility index (Phi) is 10.1. The molecule has 0 amide bonds. The highest BCUT2D eigenvalue weighted by Crippen LogP contribution is 2.38. The lowest BCUT2D eigenvalue weighted by Gasteiger charge is -2.26. The number of aromatic nitrogens is 1. The van der Waals surface area contributed by atoms with Gasteiger partial charge in [0.2, 0.25) is 5.75 Å². The molecule has 0 unspecified atom stereocenters. The zero-order chi connectivity index (χ0) is 33.1. The second kappa shape index (κ2) is 14.0. The maximum Gasteiger partial charge on any atom is 0.338 e. The number of hydrogen-bond acceptors (Lipinski definition) is 9. The molecule has 10 nitrogen and oxygen atoms in total. The molecule has 2 heterocycles. The van der Waals surface area contributed by atoms with Crippen LogP contribution in [0.25, 0.3) is 6.08 Å². The Bertz CT molecular complexity index is 2040. The van der Waals surface area contributed by atoms with Crippen LogP contribution in [0.1, 0.15) is 50.4 Å². The molecule has 1 aromatic heterocycles. The molecule has 1 aliphatic heterocycles. The third-order valence-corrected chi connectivity index (χ3v) is 8.75. The number of ether oxygens (including phenoxy) is 3. The number of nitro groups is 1. The van der Waals surface area contributed by atoms with Gasteiger partial charge in [-0.25, -0.2) is 9.79 Å². The Balaban J connectivity index is 1.62. The minimum atomic E-state index is -0.878. The van der Waals surface area contributed by atoms with E-state index in [1.54, 1.807) is 62.4 Å². The molecular weight excluding hydrogens is 698 g/mol. The van der Waals surface area contributed by atoms with Gasteiger partial charge in [0.1, 0.15) is 18.4 Å². The monoisotopic (exact) mass is 725 g/mol. The largest absolute Gasteiger partial charge is 0.491 e. The lowest BCUT2D eigenvalue weighted by molar-refractivity contribution is -0.386. The molecule has 1 aliphatic rings. The van der Waals surface area contributed by atoms with Crippen molar-refractivity contribution >= 4 is 56.6 Å². The summed E-state index contributed by atoms with van der Waals surface area (Å²) in [6.07, 6.45) is 1.39. The van der Waals surface area contributed by atoms with E-state index in [1.165, 1.54) is 10.6 Å². The maximum atomic E-state index is 14.1. The van der Waals surface area contributed by atoms with Gasteiger partial charge >= 0.3 is 11.7 Å². The minimum Gasteiger partial charge on any atom is -0.491 e. The van der Waals surface area contributed by atoms with Crippen LogP contribution in [0.5, 0.6) is 11.5 Å². The van der Waals surface area contributed by atoms with Crippen LogP contribution < -0.4 is 24.4 Å². The number of hydrogen-bond donors (Lipinski definition) is 0. The van der Waals surface area contributed by atoms with Crippen LogP contribution in [-0.4, -0.2) is 28.2 Å². The van der Waals surface area contributed by atoms with Gasteiger partial charge in [-0.3, -0.25) is 19.5 Å². The van der Waals surface area contributed by atoms with Gasteiger partial charge in [0.15, 0.2) is 4.80 Å². The van der Waals surface area contributed by atoms with Crippen LogP contribution in [0.15, 0.2) is 86.2 Å². The number of nitro benzene ring substituents is 1. The van der Waals surface area contributed by atoms with Gasteiger partial charge in [0.25, 0.3) is 5.56 Å². The summed E-state index contributed by atoms with van der Waals surface area (Å²) in [4.78, 5) is 43.9. The maximum absolute atomic E-state index is 14.1. The van der Waals surface area contributed by atoms with Crippen molar-refractivity contribution in [3.8, 4) is 11.5 Å². The SMILES string of the molecule is CCOC(=O)C1=C(C)N=c2s/c(=C\c3cc(Br)c(OCc4ccc(Cl)cc4)c([N+](=O)[O-])c3)c(=O)n2[C@H]1c1ccccc1OC(C)C. The van der Waals surface area contributed by atoms with Gasteiger partial charge in [-0.1, -0.05) is 53.3 Å². The van der Waals surface area contributed by atoms with E-state index in [9.17, 15) is 19.7 Å². The highest BCUT2D eigenvalue weighted by atomic mass is 79.9. The van der Waals surface area contributed by atoms with Crippen molar-refractivity contribution in [2.45, 2.75) is 46.4 Å². The molecule has 0 spiro atoms. The predicted octanol–water partition coefficient (Wildman–Crippen LogP) is 6.49. The fourth-order valence-corrected chi connectivity index (χ4v) is 6.76. The van der Waals surface area contributed by atoms with Crippen molar-refractivity contribution in [3.63, 3.8) is 0 Å². The topological polar surface area (TPSA) is 122 Å². The molecule has 238 valence electrons. The lowest BCUT2D eigenvalue weighted by Crippen LogP contribution is -2.40. The molecule has 0 N–H and O–H groups in total. The van der Waals surface area contributed by atoms with E-state index in [4.69, 9.17) is 25.8 Å². The van der Waals surface area contributed by atoms with Crippen molar-refractivity contribution in [2.75, 3.05) is 6.61 Å². The summed E-state index contributed by atoms with van der Waals surface area (Å²) >= 11 is 10.5. The molecule has 0 bridgehead atoms. The van der Waals surface area contributed by atoms with Crippen LogP contribution in [0.3, 0.4) is 0 Å². The van der Waals surface area contributed by atoms with Crippen molar-refractivity contribution in [1.29, 1.82) is 0 Å². The number of fused-ring (bicyclic) bond motifs is 1. The highest BCUT2D eigenvalue weighted by Gasteiger charge is 2.35. The highest BCUT2D eigenvalue weighted by molar-refractivity contribution is 9.10. The molecule has 0 aliphatic carbocycles. The van der Waals surface area contributed by atoms with Gasteiger partial charge in [0, 0.05) is 16.7 Å². The Labute approximate surface area is 281 Å². The summed E-state index contributed by atoms with van der Waals surface area (Å²) in [5, 5.41) is 12.7. The summed E-state index contributed by atoms with van der Waals surface area (Å²) < 4.78 is 19.4. The molecule has 3 aromatic carbocycles. The van der Waals surface area contributed by atoms with E-state index < -0.39 is 22.5 Å². The predicted molar refractivity (Wildman–Crippen MR) is 179 cm³/mol. The van der Waals surface area contributed by atoms with Gasteiger partial charge in [-0.15, -0.1) is 0 Å². The second-order valence-electron chi connectivity index (χ2n) is 10.5. The average molecular weight is 727 g/mol. The van der Waals surface area contributed by atoms with Crippen molar-refractivity contribution in [2.24, 2.45) is 4.99 Å². The Morgan fingerprint density at radius 3 is 2.59 bits per heavy atom. The summed E-state index contributed by atoms with van der Waals surface area (Å²) in [5.74, 6) is -0.0199. The number of nitrogens with zero attached hydrogens (tertiary/aromatic N) is 3. The third-order valence-electron chi connectivity index (χ3n) is 6.93. The zero-order valence-electron chi connectivity index (χ0n) is 25.3. The summed E-state index contributed by atoms with van der Waals surface area (Å²) in [5.41, 5.74) is 1.70. The van der Waals surface area contributed by atoms with Crippen LogP contribution in [0.4, 0.5) is 5.69 Å². The molecule has 5 rings (SSSR count).